The first-order valence-corrected chi connectivity index (χ1v) is 9.95. The van der Waals surface area contributed by atoms with E-state index in [1.807, 2.05) is 17.0 Å². The Hall–Kier alpha value is -1.80. The van der Waals surface area contributed by atoms with Crippen LogP contribution in [-0.4, -0.2) is 41.3 Å². The van der Waals surface area contributed by atoms with Crippen LogP contribution in [0.15, 0.2) is 28.9 Å². The zero-order valence-corrected chi connectivity index (χ0v) is 16.6. The highest BCUT2D eigenvalue weighted by atomic mass is 79.9. The lowest BCUT2D eigenvalue weighted by atomic mass is 9.81. The van der Waals surface area contributed by atoms with Gasteiger partial charge in [0, 0.05) is 42.1 Å². The van der Waals surface area contributed by atoms with Crippen LogP contribution in [0.5, 0.6) is 0 Å². The number of fused-ring (bicyclic) bond motifs is 2. The molecular formula is C18H17BrFN3O2S. The Bertz CT molecular complexity index is 902. The van der Waals surface area contributed by atoms with Crippen LogP contribution in [0.4, 0.5) is 10.1 Å². The van der Waals surface area contributed by atoms with E-state index in [0.29, 0.717) is 24.6 Å². The minimum Gasteiger partial charge on any atom is -0.342 e. The highest BCUT2D eigenvalue weighted by Crippen LogP contribution is 2.47. The second kappa shape index (κ2) is 6.42. The van der Waals surface area contributed by atoms with Crippen molar-refractivity contribution in [2.75, 3.05) is 24.5 Å². The van der Waals surface area contributed by atoms with Gasteiger partial charge in [0.05, 0.1) is 12.6 Å². The molecule has 2 aromatic rings. The molecule has 0 unspecified atom stereocenters. The van der Waals surface area contributed by atoms with Crippen LogP contribution in [0, 0.1) is 5.13 Å². The van der Waals surface area contributed by atoms with Gasteiger partial charge in [-0.1, -0.05) is 27.3 Å². The quantitative estimate of drug-likeness (QED) is 0.724. The first-order chi connectivity index (χ1) is 12.4. The van der Waals surface area contributed by atoms with Gasteiger partial charge in [0.1, 0.15) is 5.01 Å². The molecule has 8 heteroatoms. The molecule has 1 atom stereocenters. The van der Waals surface area contributed by atoms with Gasteiger partial charge in [0.2, 0.25) is 11.8 Å². The van der Waals surface area contributed by atoms with E-state index in [9.17, 15) is 14.0 Å². The van der Waals surface area contributed by atoms with Crippen molar-refractivity contribution in [3.8, 4) is 0 Å². The Morgan fingerprint density at radius 3 is 2.85 bits per heavy atom. The Balaban J connectivity index is 1.66. The molecule has 1 spiro atoms. The van der Waals surface area contributed by atoms with E-state index in [2.05, 4.69) is 27.0 Å². The average Bonchev–Trinajstić information content (AvgIpc) is 3.27. The topological polar surface area (TPSA) is 53.5 Å². The maximum Gasteiger partial charge on any atom is 0.233 e. The maximum atomic E-state index is 13.2. The summed E-state index contributed by atoms with van der Waals surface area (Å²) in [5.74, 6) is -0.0393. The lowest BCUT2D eigenvalue weighted by Gasteiger charge is -2.25. The maximum absolute atomic E-state index is 13.2. The number of rotatable bonds is 2. The van der Waals surface area contributed by atoms with Crippen molar-refractivity contribution in [3.63, 3.8) is 0 Å². The van der Waals surface area contributed by atoms with Crippen LogP contribution in [-0.2, 0) is 21.4 Å². The van der Waals surface area contributed by atoms with E-state index < -0.39 is 0 Å². The summed E-state index contributed by atoms with van der Waals surface area (Å²) in [7, 11) is 0. The van der Waals surface area contributed by atoms with E-state index in [-0.39, 0.29) is 28.8 Å². The summed E-state index contributed by atoms with van der Waals surface area (Å²) >= 11 is 4.42. The number of aromatic nitrogens is 1. The molecule has 4 rings (SSSR count). The summed E-state index contributed by atoms with van der Waals surface area (Å²) in [4.78, 5) is 32.3. The van der Waals surface area contributed by atoms with Crippen LogP contribution in [0.25, 0.3) is 0 Å². The third-order valence-electron chi connectivity index (χ3n) is 5.21. The Morgan fingerprint density at radius 1 is 1.38 bits per heavy atom. The van der Waals surface area contributed by atoms with Gasteiger partial charge in [0.25, 0.3) is 0 Å². The molecule has 1 fully saturated rings. The van der Waals surface area contributed by atoms with Gasteiger partial charge in [-0.15, -0.1) is 0 Å². The Kier molecular flexibility index (Phi) is 4.35. The van der Waals surface area contributed by atoms with Gasteiger partial charge in [-0.25, -0.2) is 4.98 Å². The van der Waals surface area contributed by atoms with Gasteiger partial charge in [-0.2, -0.15) is 4.39 Å². The normalized spacial score (nSPS) is 21.5. The van der Waals surface area contributed by atoms with Gasteiger partial charge < -0.3 is 9.80 Å². The fourth-order valence-corrected chi connectivity index (χ4v) is 4.94. The molecule has 1 aromatic carbocycles. The zero-order valence-electron chi connectivity index (χ0n) is 14.2. The number of benzene rings is 1. The number of carbonyl (C=O) groups is 2. The van der Waals surface area contributed by atoms with Crippen LogP contribution >= 0.6 is 27.3 Å². The molecule has 0 saturated carbocycles. The predicted molar refractivity (Wildman–Crippen MR) is 101 cm³/mol. The van der Waals surface area contributed by atoms with E-state index >= 15 is 0 Å². The molecule has 0 aliphatic carbocycles. The number of thiazole rings is 1. The van der Waals surface area contributed by atoms with E-state index in [1.165, 1.54) is 0 Å². The number of nitrogens with zero attached hydrogens (tertiary/aromatic N) is 3. The van der Waals surface area contributed by atoms with Gasteiger partial charge in [-0.3, -0.25) is 9.59 Å². The molecule has 1 saturated heterocycles. The summed E-state index contributed by atoms with van der Waals surface area (Å²) in [6, 6.07) is 5.90. The predicted octanol–water partition coefficient (Wildman–Crippen LogP) is 3.12. The first kappa shape index (κ1) is 17.6. The second-order valence-corrected chi connectivity index (χ2v) is 8.83. The van der Waals surface area contributed by atoms with Crippen molar-refractivity contribution >= 4 is 44.8 Å². The molecule has 136 valence electrons. The highest BCUT2D eigenvalue weighted by Gasteiger charge is 2.49. The van der Waals surface area contributed by atoms with Gasteiger partial charge >= 0.3 is 0 Å². The van der Waals surface area contributed by atoms with E-state index in [4.69, 9.17) is 0 Å². The number of anilines is 1. The SMILES string of the molecule is CC(=O)N1CC[C@]2(C1)CN(C(=O)Cc1ncc(F)s1)c1ccc(Br)cc12. The number of carbonyl (C=O) groups excluding carboxylic acids is 2. The van der Waals surface area contributed by atoms with Crippen LogP contribution in [0.1, 0.15) is 23.9 Å². The zero-order chi connectivity index (χ0) is 18.5. The number of amides is 2. The summed E-state index contributed by atoms with van der Waals surface area (Å²) in [5, 5.41) is 0.0896. The van der Waals surface area contributed by atoms with E-state index in [1.54, 1.807) is 11.8 Å². The van der Waals surface area contributed by atoms with Crippen molar-refractivity contribution in [3.05, 3.63) is 44.6 Å². The molecular weight excluding hydrogens is 421 g/mol. The number of hydrogen-bond donors (Lipinski definition) is 0. The lowest BCUT2D eigenvalue weighted by molar-refractivity contribution is -0.127. The van der Waals surface area contributed by atoms with Crippen molar-refractivity contribution in [2.24, 2.45) is 0 Å². The van der Waals surface area contributed by atoms with Crippen LogP contribution in [0.2, 0.25) is 0 Å². The average molecular weight is 438 g/mol. The lowest BCUT2D eigenvalue weighted by Crippen LogP contribution is -2.40. The molecule has 2 aliphatic rings. The molecule has 26 heavy (non-hydrogen) atoms. The molecule has 1 aromatic heterocycles. The molecule has 0 N–H and O–H groups in total. The highest BCUT2D eigenvalue weighted by molar-refractivity contribution is 9.10. The molecule has 0 radical (unpaired) electrons. The van der Waals surface area contributed by atoms with Crippen molar-refractivity contribution in [2.45, 2.75) is 25.2 Å². The van der Waals surface area contributed by atoms with E-state index in [0.717, 1.165) is 39.7 Å². The molecule has 2 amide bonds. The van der Waals surface area contributed by atoms with Crippen molar-refractivity contribution < 1.29 is 14.0 Å². The third kappa shape index (κ3) is 2.95. The minimum absolute atomic E-state index is 0.0569. The first-order valence-electron chi connectivity index (χ1n) is 8.34. The third-order valence-corrected chi connectivity index (χ3v) is 6.49. The standard InChI is InChI=1S/C18H17BrFN3O2S/c1-11(24)22-5-4-18(9-22)10-23(14-3-2-12(19)6-13(14)18)17(25)7-16-21-8-15(20)26-16/h2-3,6,8H,4-5,7,9-10H2,1H3/t18-/m0/s1. The van der Waals surface area contributed by atoms with Crippen LogP contribution < -0.4 is 4.90 Å². The molecule has 3 heterocycles. The van der Waals surface area contributed by atoms with Gasteiger partial charge in [0.15, 0.2) is 5.13 Å². The Morgan fingerprint density at radius 2 is 2.19 bits per heavy atom. The number of halogens is 2. The number of hydrogen-bond acceptors (Lipinski definition) is 4. The molecule has 2 aliphatic heterocycles. The molecule has 5 nitrogen and oxygen atoms in total. The van der Waals surface area contributed by atoms with Crippen LogP contribution in [0.3, 0.4) is 0 Å². The summed E-state index contributed by atoms with van der Waals surface area (Å²) in [6.45, 7) is 3.42. The summed E-state index contributed by atoms with van der Waals surface area (Å²) in [5.41, 5.74) is 1.73. The number of likely N-dealkylation sites (tertiary alicyclic amines) is 1. The molecule has 0 bridgehead atoms. The minimum atomic E-state index is -0.386. The van der Waals surface area contributed by atoms with Crippen molar-refractivity contribution in [1.82, 2.24) is 9.88 Å². The van der Waals surface area contributed by atoms with Crippen molar-refractivity contribution in [1.29, 1.82) is 0 Å². The fraction of sp³-hybridized carbons (Fsp3) is 0.389. The summed E-state index contributed by atoms with van der Waals surface area (Å²) < 4.78 is 14.1. The van der Waals surface area contributed by atoms with Gasteiger partial charge in [-0.05, 0) is 30.2 Å². The smallest absolute Gasteiger partial charge is 0.233 e. The second-order valence-electron chi connectivity index (χ2n) is 6.85. The largest absolute Gasteiger partial charge is 0.342 e. The summed E-state index contributed by atoms with van der Waals surface area (Å²) in [6.07, 6.45) is 2.05. The fourth-order valence-electron chi connectivity index (χ4n) is 3.95. The Labute approximate surface area is 162 Å². The monoisotopic (exact) mass is 437 g/mol.